The summed E-state index contributed by atoms with van der Waals surface area (Å²) in [6, 6.07) is 30.7. The zero-order chi connectivity index (χ0) is 23.3. The Kier molecular flexibility index (Phi) is 7.01. The van der Waals surface area contributed by atoms with E-state index in [1.165, 1.54) is 4.90 Å². The quantitative estimate of drug-likeness (QED) is 0.339. The summed E-state index contributed by atoms with van der Waals surface area (Å²) in [4.78, 5) is 14.0. The lowest BCUT2D eigenvalue weighted by Crippen LogP contribution is -2.37. The van der Waals surface area contributed by atoms with E-state index in [0.29, 0.717) is 11.4 Å². The van der Waals surface area contributed by atoms with Crippen LogP contribution in [0.25, 0.3) is 10.8 Å². The van der Waals surface area contributed by atoms with Crippen molar-refractivity contribution in [3.05, 3.63) is 103 Å². The van der Waals surface area contributed by atoms with Gasteiger partial charge in [0.25, 0.3) is 0 Å². The minimum absolute atomic E-state index is 0.307. The standard InChI is InChI=1S/C26H24N2O3S2/c1-33(30,31)28(25-13-7-9-21-8-5-6-12-24(21)25)18-26(29)27-22-16-14-20(15-17-22)19-32-23-10-3-2-4-11-23/h2-17H,18-19H2,1H3,(H,27,29). The van der Waals surface area contributed by atoms with Gasteiger partial charge in [0.1, 0.15) is 6.54 Å². The number of amides is 1. The molecule has 1 amide bonds. The van der Waals surface area contributed by atoms with Crippen LogP contribution in [0.15, 0.2) is 102 Å². The van der Waals surface area contributed by atoms with Crippen LogP contribution >= 0.6 is 11.8 Å². The summed E-state index contributed by atoms with van der Waals surface area (Å²) in [5.74, 6) is 0.418. The number of rotatable bonds is 8. The highest BCUT2D eigenvalue weighted by atomic mass is 32.2. The van der Waals surface area contributed by atoms with E-state index in [-0.39, 0.29) is 6.54 Å². The molecular formula is C26H24N2O3S2. The minimum atomic E-state index is -3.67. The molecule has 0 saturated heterocycles. The summed E-state index contributed by atoms with van der Waals surface area (Å²) in [5.41, 5.74) is 2.24. The van der Waals surface area contributed by atoms with Gasteiger partial charge in [-0.3, -0.25) is 9.10 Å². The number of nitrogens with zero attached hydrogens (tertiary/aromatic N) is 1. The van der Waals surface area contributed by atoms with Crippen molar-refractivity contribution in [3.8, 4) is 0 Å². The Balaban J connectivity index is 1.45. The first-order valence-corrected chi connectivity index (χ1v) is 13.3. The second kappa shape index (κ2) is 10.1. The fourth-order valence-corrected chi connectivity index (χ4v) is 5.25. The summed E-state index contributed by atoms with van der Waals surface area (Å²) in [5, 5.41) is 4.50. The van der Waals surface area contributed by atoms with Crippen molar-refractivity contribution in [2.24, 2.45) is 0 Å². The molecule has 0 aromatic heterocycles. The average molecular weight is 477 g/mol. The summed E-state index contributed by atoms with van der Waals surface area (Å²) >= 11 is 1.74. The van der Waals surface area contributed by atoms with E-state index >= 15 is 0 Å². The lowest BCUT2D eigenvalue weighted by atomic mass is 10.1. The molecule has 5 nitrogen and oxygen atoms in total. The first-order valence-electron chi connectivity index (χ1n) is 10.4. The van der Waals surface area contributed by atoms with Crippen LogP contribution < -0.4 is 9.62 Å². The Morgan fingerprint density at radius 2 is 1.52 bits per heavy atom. The molecule has 0 saturated carbocycles. The van der Waals surface area contributed by atoms with Gasteiger partial charge in [0.15, 0.2) is 0 Å². The monoisotopic (exact) mass is 476 g/mol. The van der Waals surface area contributed by atoms with E-state index < -0.39 is 15.9 Å². The second-order valence-electron chi connectivity index (χ2n) is 7.61. The zero-order valence-electron chi connectivity index (χ0n) is 18.1. The van der Waals surface area contributed by atoms with Gasteiger partial charge in [-0.25, -0.2) is 8.42 Å². The summed E-state index contributed by atoms with van der Waals surface area (Å²) < 4.78 is 26.2. The molecule has 0 fully saturated rings. The van der Waals surface area contributed by atoms with Gasteiger partial charge in [0.2, 0.25) is 15.9 Å². The van der Waals surface area contributed by atoms with Crippen molar-refractivity contribution in [1.29, 1.82) is 0 Å². The molecule has 33 heavy (non-hydrogen) atoms. The largest absolute Gasteiger partial charge is 0.325 e. The fourth-order valence-electron chi connectivity index (χ4n) is 3.51. The first kappa shape index (κ1) is 22.9. The Morgan fingerprint density at radius 1 is 0.848 bits per heavy atom. The number of nitrogens with one attached hydrogen (secondary N) is 1. The number of benzene rings is 4. The van der Waals surface area contributed by atoms with E-state index in [1.54, 1.807) is 23.9 Å². The van der Waals surface area contributed by atoms with Crippen LogP contribution in [0.2, 0.25) is 0 Å². The molecule has 7 heteroatoms. The minimum Gasteiger partial charge on any atom is -0.325 e. The predicted octanol–water partition coefficient (Wildman–Crippen LogP) is 5.54. The van der Waals surface area contributed by atoms with Crippen LogP contribution in [0.3, 0.4) is 0 Å². The van der Waals surface area contributed by atoms with Crippen LogP contribution in [-0.2, 0) is 20.6 Å². The highest BCUT2D eigenvalue weighted by molar-refractivity contribution is 7.98. The SMILES string of the molecule is CS(=O)(=O)N(CC(=O)Nc1ccc(CSc2ccccc2)cc1)c1cccc2ccccc12. The van der Waals surface area contributed by atoms with Crippen molar-refractivity contribution in [2.45, 2.75) is 10.6 Å². The van der Waals surface area contributed by atoms with E-state index in [1.807, 2.05) is 72.8 Å². The number of carbonyl (C=O) groups is 1. The lowest BCUT2D eigenvalue weighted by Gasteiger charge is -2.23. The molecule has 0 atom stereocenters. The van der Waals surface area contributed by atoms with Gasteiger partial charge in [-0.1, -0.05) is 66.7 Å². The molecule has 0 bridgehead atoms. The molecule has 0 spiro atoms. The van der Waals surface area contributed by atoms with Crippen LogP contribution in [0.5, 0.6) is 0 Å². The van der Waals surface area contributed by atoms with Gasteiger partial charge in [-0.05, 0) is 41.3 Å². The van der Waals surface area contributed by atoms with Crippen molar-refractivity contribution in [1.82, 2.24) is 0 Å². The summed E-state index contributed by atoms with van der Waals surface area (Å²) in [7, 11) is -3.67. The molecule has 0 heterocycles. The van der Waals surface area contributed by atoms with E-state index in [4.69, 9.17) is 0 Å². The molecule has 1 N–H and O–H groups in total. The van der Waals surface area contributed by atoms with Gasteiger partial charge in [0, 0.05) is 21.7 Å². The Labute approximate surface area is 198 Å². The number of sulfonamides is 1. The molecule has 0 aliphatic carbocycles. The normalized spacial score (nSPS) is 11.3. The highest BCUT2D eigenvalue weighted by Gasteiger charge is 2.22. The van der Waals surface area contributed by atoms with Crippen LogP contribution in [0, 0.1) is 0 Å². The fraction of sp³-hybridized carbons (Fsp3) is 0.115. The van der Waals surface area contributed by atoms with Gasteiger partial charge in [-0.2, -0.15) is 0 Å². The van der Waals surface area contributed by atoms with Crippen molar-refractivity contribution in [3.63, 3.8) is 0 Å². The molecule has 0 radical (unpaired) electrons. The number of hydrogen-bond donors (Lipinski definition) is 1. The topological polar surface area (TPSA) is 66.5 Å². The number of anilines is 2. The average Bonchev–Trinajstić information content (AvgIpc) is 2.82. The van der Waals surface area contributed by atoms with Crippen LogP contribution in [0.1, 0.15) is 5.56 Å². The summed E-state index contributed by atoms with van der Waals surface area (Å²) in [6.07, 6.45) is 1.11. The highest BCUT2D eigenvalue weighted by Crippen LogP contribution is 2.28. The maximum Gasteiger partial charge on any atom is 0.245 e. The third kappa shape index (κ3) is 5.94. The Hall–Kier alpha value is -3.29. The van der Waals surface area contributed by atoms with E-state index in [9.17, 15) is 13.2 Å². The summed E-state index contributed by atoms with van der Waals surface area (Å²) in [6.45, 7) is -0.307. The second-order valence-corrected chi connectivity index (χ2v) is 10.6. The Morgan fingerprint density at radius 3 is 2.24 bits per heavy atom. The van der Waals surface area contributed by atoms with Gasteiger partial charge in [-0.15, -0.1) is 11.8 Å². The maximum absolute atomic E-state index is 12.8. The third-order valence-corrected chi connectivity index (χ3v) is 7.32. The molecular weight excluding hydrogens is 452 g/mol. The van der Waals surface area contributed by atoms with Crippen molar-refractivity contribution < 1.29 is 13.2 Å². The smallest absolute Gasteiger partial charge is 0.245 e. The van der Waals surface area contributed by atoms with Crippen molar-refractivity contribution in [2.75, 3.05) is 22.4 Å². The predicted molar refractivity (Wildman–Crippen MR) is 137 cm³/mol. The first-order chi connectivity index (χ1) is 15.9. The Bertz CT molecular complexity index is 1350. The maximum atomic E-state index is 12.8. The third-order valence-electron chi connectivity index (χ3n) is 5.11. The number of hydrogen-bond acceptors (Lipinski definition) is 4. The molecule has 168 valence electrons. The molecule has 0 aliphatic rings. The van der Waals surface area contributed by atoms with E-state index in [2.05, 4.69) is 17.4 Å². The van der Waals surface area contributed by atoms with Crippen LogP contribution in [-0.4, -0.2) is 27.1 Å². The number of carbonyl (C=O) groups excluding carboxylic acids is 1. The van der Waals surface area contributed by atoms with Gasteiger partial charge < -0.3 is 5.32 Å². The van der Waals surface area contributed by atoms with Gasteiger partial charge >= 0.3 is 0 Å². The molecule has 4 rings (SSSR count). The molecule has 4 aromatic carbocycles. The lowest BCUT2D eigenvalue weighted by molar-refractivity contribution is -0.114. The number of fused-ring (bicyclic) bond motifs is 1. The van der Waals surface area contributed by atoms with Crippen LogP contribution in [0.4, 0.5) is 11.4 Å². The molecule has 4 aromatic rings. The van der Waals surface area contributed by atoms with E-state index in [0.717, 1.165) is 32.6 Å². The molecule has 0 unspecified atom stereocenters. The zero-order valence-corrected chi connectivity index (χ0v) is 19.8. The van der Waals surface area contributed by atoms with Gasteiger partial charge in [0.05, 0.1) is 11.9 Å². The van der Waals surface area contributed by atoms with Crippen molar-refractivity contribution >= 4 is 49.8 Å². The molecule has 0 aliphatic heterocycles. The number of thioether (sulfide) groups is 1.